The van der Waals surface area contributed by atoms with E-state index in [1.165, 1.54) is 11.1 Å². The maximum absolute atomic E-state index is 4.53. The van der Waals surface area contributed by atoms with E-state index >= 15 is 0 Å². The molecule has 1 aromatic carbocycles. The van der Waals surface area contributed by atoms with E-state index in [0.29, 0.717) is 0 Å². The van der Waals surface area contributed by atoms with Gasteiger partial charge in [0.05, 0.1) is 6.04 Å². The molecule has 2 rings (SSSR count). The van der Waals surface area contributed by atoms with Crippen LogP contribution in [0.3, 0.4) is 0 Å². The van der Waals surface area contributed by atoms with Gasteiger partial charge >= 0.3 is 0 Å². The summed E-state index contributed by atoms with van der Waals surface area (Å²) in [5.41, 5.74) is 2.48. The summed E-state index contributed by atoms with van der Waals surface area (Å²) in [5.74, 6) is 1.06. The zero-order valence-corrected chi connectivity index (χ0v) is 13.2. The summed E-state index contributed by atoms with van der Waals surface area (Å²) in [4.78, 5) is 4.53. The van der Waals surface area contributed by atoms with Crippen molar-refractivity contribution >= 4 is 15.9 Å². The Bertz CT molecular complexity index is 548. The molecular weight excluding hydrogens is 302 g/mol. The van der Waals surface area contributed by atoms with Crippen LogP contribution >= 0.6 is 15.9 Å². The number of halogens is 1. The van der Waals surface area contributed by atoms with Crippen LogP contribution < -0.4 is 5.32 Å². The molecule has 0 bridgehead atoms. The number of imidazole rings is 1. The van der Waals surface area contributed by atoms with Gasteiger partial charge < -0.3 is 9.88 Å². The van der Waals surface area contributed by atoms with Crippen LogP contribution in [0.1, 0.15) is 36.8 Å². The first kappa shape index (κ1) is 14.3. The molecule has 2 aromatic rings. The van der Waals surface area contributed by atoms with Crippen LogP contribution in [0.5, 0.6) is 0 Å². The normalized spacial score (nSPS) is 12.6. The highest BCUT2D eigenvalue weighted by atomic mass is 79.9. The van der Waals surface area contributed by atoms with Gasteiger partial charge in [0.15, 0.2) is 0 Å². The van der Waals surface area contributed by atoms with Crippen molar-refractivity contribution in [2.45, 2.75) is 33.4 Å². The van der Waals surface area contributed by atoms with Crippen LogP contribution in [0.25, 0.3) is 0 Å². The van der Waals surface area contributed by atoms with Crippen LogP contribution in [-0.4, -0.2) is 16.1 Å². The second kappa shape index (κ2) is 6.35. The first-order chi connectivity index (χ1) is 9.17. The largest absolute Gasteiger partial charge is 0.334 e. The van der Waals surface area contributed by atoms with Gasteiger partial charge in [0, 0.05) is 23.4 Å². The number of nitrogens with one attached hydrogen (secondary N) is 1. The monoisotopic (exact) mass is 321 g/mol. The fourth-order valence-corrected chi connectivity index (χ4v) is 2.98. The molecule has 102 valence electrons. The van der Waals surface area contributed by atoms with Gasteiger partial charge in [-0.1, -0.05) is 35.0 Å². The smallest absolute Gasteiger partial charge is 0.130 e. The van der Waals surface area contributed by atoms with E-state index in [2.05, 4.69) is 69.8 Å². The van der Waals surface area contributed by atoms with Gasteiger partial charge in [-0.3, -0.25) is 0 Å². The first-order valence-corrected chi connectivity index (χ1v) is 7.47. The minimum Gasteiger partial charge on any atom is -0.334 e. The van der Waals surface area contributed by atoms with Gasteiger partial charge in [0.2, 0.25) is 0 Å². The number of hydrogen-bond acceptors (Lipinski definition) is 2. The Balaban J connectivity index is 2.45. The lowest BCUT2D eigenvalue weighted by Gasteiger charge is -2.20. The van der Waals surface area contributed by atoms with Crippen molar-refractivity contribution < 1.29 is 0 Å². The third-order valence-corrected chi connectivity index (χ3v) is 3.91. The van der Waals surface area contributed by atoms with E-state index in [0.717, 1.165) is 23.4 Å². The maximum Gasteiger partial charge on any atom is 0.130 e. The van der Waals surface area contributed by atoms with Crippen molar-refractivity contribution in [3.8, 4) is 0 Å². The molecule has 0 aliphatic rings. The Morgan fingerprint density at radius 1 is 1.37 bits per heavy atom. The van der Waals surface area contributed by atoms with E-state index in [9.17, 15) is 0 Å². The summed E-state index contributed by atoms with van der Waals surface area (Å²) in [5, 5.41) is 3.52. The number of nitrogens with zero attached hydrogens (tertiary/aromatic N) is 2. The highest BCUT2D eigenvalue weighted by Gasteiger charge is 2.20. The standard InChI is InChI=1S/C15H20BrN3/c1-4-17-14(15-18-8-9-19(15)5-2)12-7-6-11(3)10-13(12)16/h6-10,14,17H,4-5H2,1-3H3. The predicted octanol–water partition coefficient (Wildman–Crippen LogP) is 3.67. The molecule has 0 radical (unpaired) electrons. The van der Waals surface area contributed by atoms with E-state index in [4.69, 9.17) is 0 Å². The van der Waals surface area contributed by atoms with E-state index in [1.807, 2.05) is 12.4 Å². The third-order valence-electron chi connectivity index (χ3n) is 3.22. The molecule has 1 aromatic heterocycles. The Hall–Kier alpha value is -1.13. The summed E-state index contributed by atoms with van der Waals surface area (Å²) in [6.45, 7) is 8.19. The van der Waals surface area contributed by atoms with Crippen molar-refractivity contribution in [1.82, 2.24) is 14.9 Å². The molecule has 0 saturated carbocycles. The molecule has 19 heavy (non-hydrogen) atoms. The number of hydrogen-bond donors (Lipinski definition) is 1. The Kier molecular flexibility index (Phi) is 4.77. The number of aryl methyl sites for hydroxylation is 2. The summed E-state index contributed by atoms with van der Waals surface area (Å²) < 4.78 is 3.31. The van der Waals surface area contributed by atoms with E-state index in [1.54, 1.807) is 0 Å². The SMILES string of the molecule is CCNC(c1ccc(C)cc1Br)c1nccn1CC. The second-order valence-corrected chi connectivity index (χ2v) is 5.44. The van der Waals surface area contributed by atoms with Crippen molar-refractivity contribution in [3.05, 3.63) is 52.0 Å². The zero-order valence-electron chi connectivity index (χ0n) is 11.7. The molecule has 3 nitrogen and oxygen atoms in total. The summed E-state index contributed by atoms with van der Waals surface area (Å²) >= 11 is 3.67. The molecular formula is C15H20BrN3. The molecule has 1 atom stereocenters. The van der Waals surface area contributed by atoms with E-state index < -0.39 is 0 Å². The summed E-state index contributed by atoms with van der Waals surface area (Å²) in [7, 11) is 0. The average Bonchev–Trinajstić information content (AvgIpc) is 2.85. The topological polar surface area (TPSA) is 29.9 Å². The highest BCUT2D eigenvalue weighted by Crippen LogP contribution is 2.28. The number of rotatable bonds is 5. The average molecular weight is 322 g/mol. The van der Waals surface area contributed by atoms with Gasteiger partial charge in [-0.15, -0.1) is 0 Å². The second-order valence-electron chi connectivity index (χ2n) is 4.59. The Morgan fingerprint density at radius 2 is 2.16 bits per heavy atom. The molecule has 0 aliphatic carbocycles. The van der Waals surface area contributed by atoms with Crippen molar-refractivity contribution in [1.29, 1.82) is 0 Å². The molecule has 0 saturated heterocycles. The fourth-order valence-electron chi connectivity index (χ4n) is 2.26. The molecule has 0 fully saturated rings. The lowest BCUT2D eigenvalue weighted by molar-refractivity contribution is 0.557. The maximum atomic E-state index is 4.53. The summed E-state index contributed by atoms with van der Waals surface area (Å²) in [6.07, 6.45) is 3.90. The van der Waals surface area contributed by atoms with Crippen molar-refractivity contribution in [3.63, 3.8) is 0 Å². The highest BCUT2D eigenvalue weighted by molar-refractivity contribution is 9.10. The van der Waals surface area contributed by atoms with Crippen LogP contribution in [0.2, 0.25) is 0 Å². The minimum absolute atomic E-state index is 0.120. The predicted molar refractivity (Wildman–Crippen MR) is 82.3 cm³/mol. The van der Waals surface area contributed by atoms with Crippen LogP contribution in [-0.2, 0) is 6.54 Å². The quantitative estimate of drug-likeness (QED) is 0.910. The molecule has 4 heteroatoms. The minimum atomic E-state index is 0.120. The summed E-state index contributed by atoms with van der Waals surface area (Å²) in [6, 6.07) is 6.58. The van der Waals surface area contributed by atoms with Gasteiger partial charge in [0.25, 0.3) is 0 Å². The molecule has 0 spiro atoms. The van der Waals surface area contributed by atoms with Crippen LogP contribution in [0.4, 0.5) is 0 Å². The Labute approximate surface area is 123 Å². The zero-order chi connectivity index (χ0) is 13.8. The van der Waals surface area contributed by atoms with Gasteiger partial charge in [-0.05, 0) is 37.6 Å². The molecule has 0 amide bonds. The molecule has 1 heterocycles. The number of aromatic nitrogens is 2. The van der Waals surface area contributed by atoms with Gasteiger partial charge in [-0.2, -0.15) is 0 Å². The van der Waals surface area contributed by atoms with Crippen LogP contribution in [0, 0.1) is 6.92 Å². The van der Waals surface area contributed by atoms with Crippen molar-refractivity contribution in [2.75, 3.05) is 6.54 Å². The van der Waals surface area contributed by atoms with Crippen molar-refractivity contribution in [2.24, 2.45) is 0 Å². The third kappa shape index (κ3) is 3.07. The Morgan fingerprint density at radius 3 is 2.79 bits per heavy atom. The van der Waals surface area contributed by atoms with E-state index in [-0.39, 0.29) is 6.04 Å². The molecule has 1 N–H and O–H groups in total. The van der Waals surface area contributed by atoms with Crippen LogP contribution in [0.15, 0.2) is 35.1 Å². The first-order valence-electron chi connectivity index (χ1n) is 6.67. The van der Waals surface area contributed by atoms with Gasteiger partial charge in [-0.25, -0.2) is 4.98 Å². The molecule has 1 unspecified atom stereocenters. The number of benzene rings is 1. The lowest BCUT2D eigenvalue weighted by Crippen LogP contribution is -2.25. The fraction of sp³-hybridized carbons (Fsp3) is 0.400. The molecule has 0 aliphatic heterocycles. The lowest BCUT2D eigenvalue weighted by atomic mass is 10.0. The van der Waals surface area contributed by atoms with Gasteiger partial charge in [0.1, 0.15) is 5.82 Å².